The number of phenols is 1. The molecule has 7 heteroatoms. The minimum atomic E-state index is -0.572. The van der Waals surface area contributed by atoms with E-state index in [0.717, 1.165) is 25.5 Å². The van der Waals surface area contributed by atoms with Gasteiger partial charge in [0.2, 0.25) is 5.91 Å². The molecule has 1 aromatic carbocycles. The first-order valence-corrected chi connectivity index (χ1v) is 6.07. The van der Waals surface area contributed by atoms with Crippen molar-refractivity contribution in [3.8, 4) is 5.75 Å². The minimum absolute atomic E-state index is 0.0739. The summed E-state index contributed by atoms with van der Waals surface area (Å²) in [4.78, 5) is 22.0. The Labute approximate surface area is 109 Å². The molecule has 0 aromatic heterocycles. The first kappa shape index (κ1) is 13.3. The maximum absolute atomic E-state index is 12.0. The summed E-state index contributed by atoms with van der Waals surface area (Å²) < 4.78 is 0. The number of carbonyl (C=O) groups is 1. The van der Waals surface area contributed by atoms with E-state index in [1.807, 2.05) is 0 Å². The van der Waals surface area contributed by atoms with Crippen LogP contribution in [0.25, 0.3) is 0 Å². The Balaban J connectivity index is 2.11. The van der Waals surface area contributed by atoms with E-state index < -0.39 is 4.92 Å². The van der Waals surface area contributed by atoms with Crippen molar-refractivity contribution < 1.29 is 14.8 Å². The fourth-order valence-electron chi connectivity index (χ4n) is 2.05. The first-order valence-electron chi connectivity index (χ1n) is 6.07. The molecule has 3 N–H and O–H groups in total. The van der Waals surface area contributed by atoms with Gasteiger partial charge in [-0.25, -0.2) is 0 Å². The molecule has 1 amide bonds. The summed E-state index contributed by atoms with van der Waals surface area (Å²) in [6, 6.07) is 3.55. The molecule has 19 heavy (non-hydrogen) atoms. The number of non-ortho nitro benzene ring substituents is 1. The number of anilines is 1. The van der Waals surface area contributed by atoms with Crippen LogP contribution in [-0.2, 0) is 4.79 Å². The molecule has 0 aliphatic carbocycles. The third-order valence-electron chi connectivity index (χ3n) is 3.12. The van der Waals surface area contributed by atoms with Gasteiger partial charge in [-0.15, -0.1) is 0 Å². The Morgan fingerprint density at radius 2 is 2.32 bits per heavy atom. The van der Waals surface area contributed by atoms with Gasteiger partial charge < -0.3 is 15.7 Å². The van der Waals surface area contributed by atoms with E-state index in [9.17, 15) is 20.0 Å². The van der Waals surface area contributed by atoms with Crippen LogP contribution < -0.4 is 10.6 Å². The Morgan fingerprint density at radius 1 is 1.53 bits per heavy atom. The second kappa shape index (κ2) is 5.66. The van der Waals surface area contributed by atoms with Gasteiger partial charge in [-0.2, -0.15) is 0 Å². The zero-order valence-corrected chi connectivity index (χ0v) is 10.3. The number of rotatable bonds is 3. The smallest absolute Gasteiger partial charge is 0.271 e. The van der Waals surface area contributed by atoms with Crippen LogP contribution in [0.2, 0.25) is 0 Å². The van der Waals surface area contributed by atoms with Gasteiger partial charge >= 0.3 is 0 Å². The number of carbonyl (C=O) groups excluding carboxylic acids is 1. The molecule has 1 aliphatic heterocycles. The SMILES string of the molecule is O=C(Nc1cc([N+](=O)[O-])ccc1O)[C@H]1CCCNC1. The molecular formula is C12H15N3O4. The monoisotopic (exact) mass is 265 g/mol. The molecular weight excluding hydrogens is 250 g/mol. The quantitative estimate of drug-likeness (QED) is 0.433. The summed E-state index contributed by atoms with van der Waals surface area (Å²) >= 11 is 0. The number of nitro benzene ring substituents is 1. The molecule has 0 unspecified atom stereocenters. The minimum Gasteiger partial charge on any atom is -0.506 e. The number of nitro groups is 1. The number of benzene rings is 1. The molecule has 0 radical (unpaired) electrons. The zero-order valence-electron chi connectivity index (χ0n) is 10.3. The lowest BCUT2D eigenvalue weighted by Gasteiger charge is -2.22. The van der Waals surface area contributed by atoms with Gasteiger partial charge in [0, 0.05) is 18.7 Å². The predicted octanol–water partition coefficient (Wildman–Crippen LogP) is 1.24. The largest absolute Gasteiger partial charge is 0.506 e. The average molecular weight is 265 g/mol. The molecule has 7 nitrogen and oxygen atoms in total. The number of amides is 1. The van der Waals surface area contributed by atoms with Crippen molar-refractivity contribution in [2.45, 2.75) is 12.8 Å². The van der Waals surface area contributed by atoms with Crippen molar-refractivity contribution in [2.75, 3.05) is 18.4 Å². The van der Waals surface area contributed by atoms with E-state index in [4.69, 9.17) is 0 Å². The fourth-order valence-corrected chi connectivity index (χ4v) is 2.05. The lowest BCUT2D eigenvalue weighted by molar-refractivity contribution is -0.384. The summed E-state index contributed by atoms with van der Waals surface area (Å²) in [5, 5.41) is 25.9. The first-order chi connectivity index (χ1) is 9.08. The van der Waals surface area contributed by atoms with Crippen molar-refractivity contribution in [1.29, 1.82) is 0 Å². The number of hydrogen-bond acceptors (Lipinski definition) is 5. The van der Waals surface area contributed by atoms with Gasteiger partial charge in [0.1, 0.15) is 5.75 Å². The van der Waals surface area contributed by atoms with Crippen LogP contribution in [0.1, 0.15) is 12.8 Å². The summed E-state index contributed by atoms with van der Waals surface area (Å²) in [5.74, 6) is -0.585. The Hall–Kier alpha value is -2.15. The highest BCUT2D eigenvalue weighted by molar-refractivity contribution is 5.94. The van der Waals surface area contributed by atoms with Crippen LogP contribution in [-0.4, -0.2) is 29.0 Å². The highest BCUT2D eigenvalue weighted by Gasteiger charge is 2.22. The molecule has 0 bridgehead atoms. The number of aromatic hydroxyl groups is 1. The van der Waals surface area contributed by atoms with Crippen LogP contribution in [0.4, 0.5) is 11.4 Å². The zero-order chi connectivity index (χ0) is 13.8. The maximum atomic E-state index is 12.0. The van der Waals surface area contributed by atoms with Gasteiger partial charge in [-0.1, -0.05) is 0 Å². The lowest BCUT2D eigenvalue weighted by Crippen LogP contribution is -2.37. The van der Waals surface area contributed by atoms with Gasteiger partial charge in [0.15, 0.2) is 0 Å². The predicted molar refractivity (Wildman–Crippen MR) is 69.0 cm³/mol. The van der Waals surface area contributed by atoms with E-state index in [0.29, 0.717) is 6.54 Å². The molecule has 1 aliphatic rings. The van der Waals surface area contributed by atoms with Crippen molar-refractivity contribution in [2.24, 2.45) is 5.92 Å². The highest BCUT2D eigenvalue weighted by atomic mass is 16.6. The third-order valence-corrected chi connectivity index (χ3v) is 3.12. The Bertz CT molecular complexity index is 498. The van der Waals surface area contributed by atoms with E-state index in [-0.39, 0.29) is 28.9 Å². The molecule has 1 heterocycles. The second-order valence-corrected chi connectivity index (χ2v) is 4.49. The maximum Gasteiger partial charge on any atom is 0.271 e. The number of piperidine rings is 1. The van der Waals surface area contributed by atoms with Crippen LogP contribution in [0.3, 0.4) is 0 Å². The normalized spacial score (nSPS) is 18.8. The topological polar surface area (TPSA) is 104 Å². The van der Waals surface area contributed by atoms with Crippen molar-refractivity contribution >= 4 is 17.3 Å². The molecule has 2 rings (SSSR count). The van der Waals surface area contributed by atoms with Crippen LogP contribution in [0.15, 0.2) is 18.2 Å². The van der Waals surface area contributed by atoms with Gasteiger partial charge in [-0.3, -0.25) is 14.9 Å². The molecule has 0 spiro atoms. The third kappa shape index (κ3) is 3.19. The van der Waals surface area contributed by atoms with Gasteiger partial charge in [-0.05, 0) is 25.5 Å². The van der Waals surface area contributed by atoms with Crippen LogP contribution >= 0.6 is 0 Å². The number of phenolic OH excluding ortho intramolecular Hbond substituents is 1. The van der Waals surface area contributed by atoms with Crippen molar-refractivity contribution in [3.05, 3.63) is 28.3 Å². The van der Waals surface area contributed by atoms with Gasteiger partial charge in [0.25, 0.3) is 5.69 Å². The summed E-state index contributed by atoms with van der Waals surface area (Å²) in [5.41, 5.74) is -0.0976. The summed E-state index contributed by atoms with van der Waals surface area (Å²) in [6.45, 7) is 1.48. The number of nitrogens with zero attached hydrogens (tertiary/aromatic N) is 1. The summed E-state index contributed by atoms with van der Waals surface area (Å²) in [6.07, 6.45) is 1.69. The Morgan fingerprint density at radius 3 is 2.95 bits per heavy atom. The highest BCUT2D eigenvalue weighted by Crippen LogP contribution is 2.28. The molecule has 102 valence electrons. The lowest BCUT2D eigenvalue weighted by atomic mass is 9.99. The standard InChI is InChI=1S/C12H15N3O4/c16-11-4-3-9(15(18)19)6-10(11)14-12(17)8-2-1-5-13-7-8/h3-4,6,8,13,16H,1-2,5,7H2,(H,14,17)/t8-/m0/s1. The van der Waals surface area contributed by atoms with Crippen LogP contribution in [0.5, 0.6) is 5.75 Å². The molecule has 1 aromatic rings. The van der Waals surface area contributed by atoms with E-state index in [2.05, 4.69) is 10.6 Å². The van der Waals surface area contributed by atoms with E-state index >= 15 is 0 Å². The Kier molecular flexibility index (Phi) is 3.96. The molecule has 1 atom stereocenters. The van der Waals surface area contributed by atoms with E-state index in [1.165, 1.54) is 12.1 Å². The average Bonchev–Trinajstić information content (AvgIpc) is 2.42. The number of hydrogen-bond donors (Lipinski definition) is 3. The second-order valence-electron chi connectivity index (χ2n) is 4.49. The van der Waals surface area contributed by atoms with E-state index in [1.54, 1.807) is 0 Å². The van der Waals surface area contributed by atoms with Crippen molar-refractivity contribution in [3.63, 3.8) is 0 Å². The van der Waals surface area contributed by atoms with Crippen LogP contribution in [0, 0.1) is 16.0 Å². The van der Waals surface area contributed by atoms with Gasteiger partial charge in [0.05, 0.1) is 16.5 Å². The summed E-state index contributed by atoms with van der Waals surface area (Å²) in [7, 11) is 0. The molecule has 1 fully saturated rings. The molecule has 1 saturated heterocycles. The fraction of sp³-hybridized carbons (Fsp3) is 0.417. The number of nitrogens with one attached hydrogen (secondary N) is 2. The molecule has 0 saturated carbocycles. The van der Waals surface area contributed by atoms with Crippen molar-refractivity contribution in [1.82, 2.24) is 5.32 Å².